The summed E-state index contributed by atoms with van der Waals surface area (Å²) in [6, 6.07) is 0. The van der Waals surface area contributed by atoms with E-state index >= 15 is 0 Å². The molecule has 0 bridgehead atoms. The van der Waals surface area contributed by atoms with Crippen LogP contribution in [0.4, 0.5) is 0 Å². The molecule has 0 aromatic carbocycles. The lowest BCUT2D eigenvalue weighted by molar-refractivity contribution is -0.145. The molecule has 0 aliphatic rings. The first-order valence-corrected chi connectivity index (χ1v) is 5.08. The van der Waals surface area contributed by atoms with Crippen LogP contribution in [-0.2, 0) is 18.4 Å². The van der Waals surface area contributed by atoms with Gasteiger partial charge in [-0.3, -0.25) is 14.8 Å². The molecule has 0 spiro atoms. The highest BCUT2D eigenvalue weighted by molar-refractivity contribution is 5.78. The maximum absolute atomic E-state index is 11.0. The summed E-state index contributed by atoms with van der Waals surface area (Å²) in [7, 11) is 3.24. The topological polar surface area (TPSA) is 96.6 Å². The third kappa shape index (κ3) is 2.95. The van der Waals surface area contributed by atoms with Gasteiger partial charge in [0.2, 0.25) is 5.88 Å². The van der Waals surface area contributed by atoms with Gasteiger partial charge >= 0.3 is 5.97 Å². The average molecular weight is 243 g/mol. The second-order valence-electron chi connectivity index (χ2n) is 3.99. The monoisotopic (exact) mass is 243 g/mol. The molecule has 1 rings (SSSR count). The van der Waals surface area contributed by atoms with E-state index in [-0.39, 0.29) is 6.54 Å². The molecule has 7 nitrogen and oxygen atoms in total. The van der Waals surface area contributed by atoms with Crippen LogP contribution in [0.1, 0.15) is 12.5 Å². The van der Waals surface area contributed by atoms with E-state index in [2.05, 4.69) is 10.4 Å². The molecule has 1 aromatic rings. The summed E-state index contributed by atoms with van der Waals surface area (Å²) in [6.45, 7) is 1.17. The molecule has 17 heavy (non-hydrogen) atoms. The van der Waals surface area contributed by atoms with Crippen LogP contribution in [0.2, 0.25) is 0 Å². The van der Waals surface area contributed by atoms with E-state index in [9.17, 15) is 4.79 Å². The first-order valence-electron chi connectivity index (χ1n) is 5.08. The number of aryl methyl sites for hydroxylation is 1. The lowest BCUT2D eigenvalue weighted by Gasteiger charge is -2.23. The number of hydrogen-bond acceptors (Lipinski definition) is 5. The predicted octanol–water partition coefficient (Wildman–Crippen LogP) is -0.646. The molecule has 0 aliphatic carbocycles. The number of hydrogen-bond donors (Lipinski definition) is 3. The van der Waals surface area contributed by atoms with Crippen LogP contribution in [0.25, 0.3) is 0 Å². The van der Waals surface area contributed by atoms with Crippen molar-refractivity contribution in [2.75, 3.05) is 13.7 Å². The van der Waals surface area contributed by atoms with Crippen molar-refractivity contribution in [2.24, 2.45) is 7.05 Å². The van der Waals surface area contributed by atoms with Crippen molar-refractivity contribution < 1.29 is 19.7 Å². The van der Waals surface area contributed by atoms with Gasteiger partial charge in [0.25, 0.3) is 0 Å². The van der Waals surface area contributed by atoms with Crippen LogP contribution in [0.15, 0.2) is 6.20 Å². The summed E-state index contributed by atoms with van der Waals surface area (Å²) < 4.78 is 6.62. The Bertz CT molecular complexity index is 404. The van der Waals surface area contributed by atoms with Crippen LogP contribution in [0.5, 0.6) is 5.88 Å². The zero-order valence-corrected chi connectivity index (χ0v) is 10.1. The number of ether oxygens (including phenoxy) is 1. The maximum atomic E-state index is 11.0. The quantitative estimate of drug-likeness (QED) is 0.614. The SMILES string of the molecule is COc1nn(C)cc1CNC(C)(CO)C(=O)O. The fraction of sp³-hybridized carbons (Fsp3) is 0.600. The first-order chi connectivity index (χ1) is 7.92. The summed E-state index contributed by atoms with van der Waals surface area (Å²) >= 11 is 0. The highest BCUT2D eigenvalue weighted by Gasteiger charge is 2.32. The number of aromatic nitrogens is 2. The van der Waals surface area contributed by atoms with E-state index in [0.29, 0.717) is 5.88 Å². The van der Waals surface area contributed by atoms with Gasteiger partial charge in [0.05, 0.1) is 13.7 Å². The Morgan fingerprint density at radius 3 is 2.82 bits per heavy atom. The van der Waals surface area contributed by atoms with Crippen molar-refractivity contribution in [3.05, 3.63) is 11.8 Å². The molecule has 0 aliphatic heterocycles. The summed E-state index contributed by atoms with van der Waals surface area (Å²) in [5, 5.41) is 24.8. The minimum Gasteiger partial charge on any atom is -0.480 e. The Labute approximate surface area is 99.0 Å². The molecule has 7 heteroatoms. The molecule has 96 valence electrons. The van der Waals surface area contributed by atoms with Gasteiger partial charge in [-0.25, -0.2) is 0 Å². The molecule has 0 saturated carbocycles. The van der Waals surface area contributed by atoms with E-state index in [0.717, 1.165) is 5.56 Å². The third-order valence-electron chi connectivity index (χ3n) is 2.52. The van der Waals surface area contributed by atoms with Gasteiger partial charge in [-0.05, 0) is 6.92 Å². The molecule has 1 unspecified atom stereocenters. The highest BCUT2D eigenvalue weighted by atomic mass is 16.5. The van der Waals surface area contributed by atoms with Crippen LogP contribution in [0, 0.1) is 0 Å². The fourth-order valence-electron chi connectivity index (χ4n) is 1.30. The van der Waals surface area contributed by atoms with Crippen molar-refractivity contribution in [3.63, 3.8) is 0 Å². The minimum atomic E-state index is -1.37. The van der Waals surface area contributed by atoms with Gasteiger partial charge in [0.1, 0.15) is 5.54 Å². The van der Waals surface area contributed by atoms with Gasteiger partial charge in [-0.15, -0.1) is 5.10 Å². The molecule has 3 N–H and O–H groups in total. The molecule has 0 radical (unpaired) electrons. The van der Waals surface area contributed by atoms with E-state index < -0.39 is 18.1 Å². The molecular weight excluding hydrogens is 226 g/mol. The first kappa shape index (κ1) is 13.5. The van der Waals surface area contributed by atoms with Gasteiger partial charge < -0.3 is 14.9 Å². The third-order valence-corrected chi connectivity index (χ3v) is 2.52. The summed E-state index contributed by atoms with van der Waals surface area (Å²) in [6.07, 6.45) is 1.73. The fourth-order valence-corrected chi connectivity index (χ4v) is 1.30. The van der Waals surface area contributed by atoms with E-state index in [4.69, 9.17) is 14.9 Å². The predicted molar refractivity (Wildman–Crippen MR) is 59.7 cm³/mol. The lowest BCUT2D eigenvalue weighted by atomic mass is 10.0. The smallest absolute Gasteiger partial charge is 0.326 e. The molecule has 0 amide bonds. The van der Waals surface area contributed by atoms with E-state index in [1.807, 2.05) is 0 Å². The highest BCUT2D eigenvalue weighted by Crippen LogP contribution is 2.15. The Morgan fingerprint density at radius 1 is 1.71 bits per heavy atom. The number of aliphatic hydroxyl groups excluding tert-OH is 1. The summed E-state index contributed by atoms with van der Waals surface area (Å²) in [4.78, 5) is 11.0. The molecule has 1 atom stereocenters. The summed E-state index contributed by atoms with van der Waals surface area (Å²) in [5.41, 5.74) is -0.642. The maximum Gasteiger partial charge on any atom is 0.326 e. The number of aliphatic hydroxyl groups is 1. The summed E-state index contributed by atoms with van der Waals surface area (Å²) in [5.74, 6) is -0.673. The number of carbonyl (C=O) groups is 1. The number of nitrogens with zero attached hydrogens (tertiary/aromatic N) is 2. The number of carboxylic acids is 1. The number of carboxylic acid groups (broad SMARTS) is 1. The Balaban J connectivity index is 2.75. The zero-order valence-electron chi connectivity index (χ0n) is 10.1. The van der Waals surface area contributed by atoms with Crippen molar-refractivity contribution in [3.8, 4) is 5.88 Å². The lowest BCUT2D eigenvalue weighted by Crippen LogP contribution is -2.52. The van der Waals surface area contributed by atoms with E-state index in [1.165, 1.54) is 14.0 Å². The van der Waals surface area contributed by atoms with E-state index in [1.54, 1.807) is 17.9 Å². The molecule has 0 fully saturated rings. The second-order valence-corrected chi connectivity index (χ2v) is 3.99. The average Bonchev–Trinajstić information content (AvgIpc) is 2.66. The van der Waals surface area contributed by atoms with Crippen LogP contribution < -0.4 is 10.1 Å². The standard InChI is InChI=1S/C10H17N3O4/c1-10(6-14,9(15)16)11-4-7-5-13(2)12-8(7)17-3/h5,11,14H,4,6H2,1-3H3,(H,15,16). The van der Waals surface area contributed by atoms with Crippen molar-refractivity contribution in [1.82, 2.24) is 15.1 Å². The number of methoxy groups -OCH3 is 1. The largest absolute Gasteiger partial charge is 0.480 e. The molecule has 1 aromatic heterocycles. The molecular formula is C10H17N3O4. The molecule has 0 saturated heterocycles. The van der Waals surface area contributed by atoms with Crippen molar-refractivity contribution >= 4 is 5.97 Å². The number of rotatable bonds is 6. The van der Waals surface area contributed by atoms with Gasteiger partial charge in [0.15, 0.2) is 0 Å². The van der Waals surface area contributed by atoms with Gasteiger partial charge in [-0.1, -0.05) is 0 Å². The van der Waals surface area contributed by atoms with Gasteiger partial charge in [-0.2, -0.15) is 0 Å². The van der Waals surface area contributed by atoms with Crippen molar-refractivity contribution in [1.29, 1.82) is 0 Å². The van der Waals surface area contributed by atoms with Crippen molar-refractivity contribution in [2.45, 2.75) is 19.0 Å². The van der Waals surface area contributed by atoms with Gasteiger partial charge in [0, 0.05) is 25.4 Å². The molecule has 1 heterocycles. The Morgan fingerprint density at radius 2 is 2.35 bits per heavy atom. The Kier molecular flexibility index (Phi) is 4.08. The van der Waals surface area contributed by atoms with Crippen LogP contribution in [-0.4, -0.2) is 45.2 Å². The minimum absolute atomic E-state index is 0.250. The zero-order chi connectivity index (χ0) is 13.1. The number of nitrogens with one attached hydrogen (secondary N) is 1. The normalized spacial score (nSPS) is 14.4. The second kappa shape index (κ2) is 5.15. The van der Waals surface area contributed by atoms with Crippen LogP contribution >= 0.6 is 0 Å². The van der Waals surface area contributed by atoms with Crippen LogP contribution in [0.3, 0.4) is 0 Å². The Hall–Kier alpha value is -1.60. The number of aliphatic carboxylic acids is 1.